The fourth-order valence-corrected chi connectivity index (χ4v) is 3.73. The summed E-state index contributed by atoms with van der Waals surface area (Å²) in [6.45, 7) is 3.06. The summed E-state index contributed by atoms with van der Waals surface area (Å²) in [6.07, 6.45) is 3.54. The van der Waals surface area contributed by atoms with Crippen molar-refractivity contribution in [1.82, 2.24) is 4.90 Å². The molecule has 0 aliphatic carbocycles. The van der Waals surface area contributed by atoms with Crippen LogP contribution in [0.2, 0.25) is 5.02 Å². The minimum atomic E-state index is 0.428. The number of hydrogen-bond donors (Lipinski definition) is 1. The number of rotatable bonds is 5. The second-order valence-corrected chi connectivity index (χ2v) is 6.90. The highest BCUT2D eigenvalue weighted by Gasteiger charge is 2.29. The van der Waals surface area contributed by atoms with Gasteiger partial charge in [0.05, 0.1) is 0 Å². The summed E-state index contributed by atoms with van der Waals surface area (Å²) in [5.41, 5.74) is 2.66. The second-order valence-electron chi connectivity index (χ2n) is 6.46. The molecule has 1 aliphatic rings. The van der Waals surface area contributed by atoms with Crippen LogP contribution in [0.25, 0.3) is 0 Å². The molecule has 0 spiro atoms. The Hall–Kier alpha value is -1.84. The first-order chi connectivity index (χ1) is 11.8. The highest BCUT2D eigenvalue weighted by molar-refractivity contribution is 6.30. The molecule has 0 amide bonds. The quantitative estimate of drug-likeness (QED) is 0.481. The van der Waals surface area contributed by atoms with Gasteiger partial charge in [-0.05, 0) is 54.5 Å². The molecule has 2 aromatic carbocycles. The number of nitrogens with zero attached hydrogens (tertiary/aromatic N) is 2. The number of piperidine rings is 1. The van der Waals surface area contributed by atoms with Gasteiger partial charge in [0.15, 0.2) is 0 Å². The van der Waals surface area contributed by atoms with Gasteiger partial charge in [0.25, 0.3) is 0 Å². The summed E-state index contributed by atoms with van der Waals surface area (Å²) in [6, 6.07) is 18.8. The third-order valence-electron chi connectivity index (χ3n) is 4.88. The highest BCUT2D eigenvalue weighted by atomic mass is 35.5. The Morgan fingerprint density at radius 2 is 1.88 bits per heavy atom. The van der Waals surface area contributed by atoms with Crippen LogP contribution in [-0.4, -0.2) is 29.4 Å². The Kier molecular flexibility index (Phi) is 5.89. The van der Waals surface area contributed by atoms with E-state index < -0.39 is 0 Å². The van der Waals surface area contributed by atoms with Crippen LogP contribution in [0, 0.1) is 5.92 Å². The first-order valence-electron chi connectivity index (χ1n) is 8.44. The van der Waals surface area contributed by atoms with Crippen LogP contribution in [0.15, 0.2) is 59.8 Å². The molecule has 1 heterocycles. The van der Waals surface area contributed by atoms with E-state index in [1.54, 1.807) is 6.21 Å². The van der Waals surface area contributed by atoms with Crippen molar-refractivity contribution in [2.75, 3.05) is 13.1 Å². The van der Waals surface area contributed by atoms with Crippen LogP contribution < -0.4 is 0 Å². The molecule has 2 atom stereocenters. The third-order valence-corrected chi connectivity index (χ3v) is 5.13. The summed E-state index contributed by atoms with van der Waals surface area (Å²) in [7, 11) is 0. The SMILES string of the molecule is ON=CCC1CCN(Cc2ccccc2)CC1c1ccc(Cl)cc1. The Labute approximate surface area is 148 Å². The standard InChI is InChI=1S/C20H23ClN2O/c21-19-8-6-17(7-9-19)20-15-23(13-11-18(20)10-12-22-24)14-16-4-2-1-3-5-16/h1-9,12,18,20,24H,10-11,13-15H2. The Morgan fingerprint density at radius 1 is 1.12 bits per heavy atom. The maximum Gasteiger partial charge on any atom is 0.0438 e. The van der Waals surface area contributed by atoms with E-state index in [0.29, 0.717) is 11.8 Å². The minimum absolute atomic E-state index is 0.428. The lowest BCUT2D eigenvalue weighted by Gasteiger charge is -2.38. The van der Waals surface area contributed by atoms with Gasteiger partial charge < -0.3 is 5.21 Å². The monoisotopic (exact) mass is 342 g/mol. The van der Waals surface area contributed by atoms with Gasteiger partial charge in [-0.3, -0.25) is 4.90 Å². The summed E-state index contributed by atoms with van der Waals surface area (Å²) in [5.74, 6) is 0.923. The van der Waals surface area contributed by atoms with Crippen molar-refractivity contribution in [3.8, 4) is 0 Å². The largest absolute Gasteiger partial charge is 0.411 e. The van der Waals surface area contributed by atoms with E-state index in [4.69, 9.17) is 16.8 Å². The van der Waals surface area contributed by atoms with Crippen LogP contribution in [0.4, 0.5) is 0 Å². The van der Waals surface area contributed by atoms with Crippen LogP contribution in [0.5, 0.6) is 0 Å². The molecule has 0 saturated carbocycles. The van der Waals surface area contributed by atoms with Crippen LogP contribution >= 0.6 is 11.6 Å². The summed E-state index contributed by atoms with van der Waals surface area (Å²) < 4.78 is 0. The third kappa shape index (κ3) is 4.37. The molecular weight excluding hydrogens is 320 g/mol. The Bertz CT molecular complexity index is 657. The number of likely N-dealkylation sites (tertiary alicyclic amines) is 1. The molecule has 1 fully saturated rings. The summed E-state index contributed by atoms with van der Waals surface area (Å²) >= 11 is 6.04. The fraction of sp³-hybridized carbons (Fsp3) is 0.350. The van der Waals surface area contributed by atoms with E-state index in [9.17, 15) is 0 Å². The van der Waals surface area contributed by atoms with Gasteiger partial charge in [-0.2, -0.15) is 0 Å². The lowest BCUT2D eigenvalue weighted by atomic mass is 9.79. The first kappa shape index (κ1) is 17.0. The van der Waals surface area contributed by atoms with Crippen molar-refractivity contribution >= 4 is 17.8 Å². The maximum atomic E-state index is 8.78. The van der Waals surface area contributed by atoms with Gasteiger partial charge in [0.1, 0.15) is 0 Å². The highest BCUT2D eigenvalue weighted by Crippen LogP contribution is 2.35. The molecule has 0 aromatic heterocycles. The zero-order valence-corrected chi connectivity index (χ0v) is 14.4. The molecule has 126 valence electrons. The molecule has 1 saturated heterocycles. The minimum Gasteiger partial charge on any atom is -0.411 e. The topological polar surface area (TPSA) is 35.8 Å². The molecule has 0 radical (unpaired) electrons. The average Bonchev–Trinajstić information content (AvgIpc) is 2.62. The van der Waals surface area contributed by atoms with E-state index in [-0.39, 0.29) is 0 Å². The molecule has 0 bridgehead atoms. The van der Waals surface area contributed by atoms with Gasteiger partial charge in [-0.15, -0.1) is 5.16 Å². The van der Waals surface area contributed by atoms with Gasteiger partial charge in [0, 0.05) is 24.3 Å². The van der Waals surface area contributed by atoms with Crippen molar-refractivity contribution in [3.63, 3.8) is 0 Å². The van der Waals surface area contributed by atoms with Crippen LogP contribution in [0.3, 0.4) is 0 Å². The molecule has 4 heteroatoms. The van der Waals surface area contributed by atoms with E-state index in [0.717, 1.165) is 37.5 Å². The van der Waals surface area contributed by atoms with Crippen molar-refractivity contribution in [1.29, 1.82) is 0 Å². The molecule has 2 aromatic rings. The maximum absolute atomic E-state index is 8.78. The number of halogens is 1. The zero-order valence-electron chi connectivity index (χ0n) is 13.7. The molecule has 3 rings (SSSR count). The van der Waals surface area contributed by atoms with E-state index in [1.807, 2.05) is 12.1 Å². The molecular formula is C20H23ClN2O. The van der Waals surface area contributed by atoms with Crippen molar-refractivity contribution in [2.24, 2.45) is 11.1 Å². The first-order valence-corrected chi connectivity index (χ1v) is 8.81. The normalized spacial score (nSPS) is 22.0. The average molecular weight is 343 g/mol. The van der Waals surface area contributed by atoms with Crippen molar-refractivity contribution < 1.29 is 5.21 Å². The molecule has 2 unspecified atom stereocenters. The summed E-state index contributed by atoms with van der Waals surface area (Å²) in [4.78, 5) is 2.52. The van der Waals surface area contributed by atoms with Gasteiger partial charge >= 0.3 is 0 Å². The van der Waals surface area contributed by atoms with Crippen molar-refractivity contribution in [2.45, 2.75) is 25.3 Å². The van der Waals surface area contributed by atoms with Crippen LogP contribution in [0.1, 0.15) is 29.9 Å². The summed E-state index contributed by atoms with van der Waals surface area (Å²) in [5, 5.41) is 12.7. The zero-order chi connectivity index (χ0) is 16.8. The predicted octanol–water partition coefficient (Wildman–Crippen LogP) is 4.80. The van der Waals surface area contributed by atoms with Gasteiger partial charge in [-0.25, -0.2) is 0 Å². The lowest BCUT2D eigenvalue weighted by Crippen LogP contribution is -2.39. The number of benzene rings is 2. The predicted molar refractivity (Wildman–Crippen MR) is 98.9 cm³/mol. The van der Waals surface area contributed by atoms with Crippen molar-refractivity contribution in [3.05, 3.63) is 70.7 Å². The number of oxime groups is 1. The molecule has 24 heavy (non-hydrogen) atoms. The van der Waals surface area contributed by atoms with E-state index >= 15 is 0 Å². The Morgan fingerprint density at radius 3 is 2.58 bits per heavy atom. The molecule has 1 N–H and O–H groups in total. The second kappa shape index (κ2) is 8.32. The molecule has 3 nitrogen and oxygen atoms in total. The fourth-order valence-electron chi connectivity index (χ4n) is 3.61. The Balaban J connectivity index is 1.75. The van der Waals surface area contributed by atoms with Gasteiger partial charge in [-0.1, -0.05) is 54.1 Å². The van der Waals surface area contributed by atoms with Gasteiger partial charge in [0.2, 0.25) is 0 Å². The van der Waals surface area contributed by atoms with E-state index in [1.165, 1.54) is 11.1 Å². The smallest absolute Gasteiger partial charge is 0.0438 e. The van der Waals surface area contributed by atoms with Crippen LogP contribution in [-0.2, 0) is 6.54 Å². The number of hydrogen-bond acceptors (Lipinski definition) is 3. The lowest BCUT2D eigenvalue weighted by molar-refractivity contribution is 0.155. The van der Waals surface area contributed by atoms with E-state index in [2.05, 4.69) is 52.5 Å². The molecule has 1 aliphatic heterocycles.